The smallest absolute Gasteiger partial charge is 0.321 e. The van der Waals surface area contributed by atoms with E-state index in [1.807, 2.05) is 9.58 Å². The molecule has 1 fully saturated rings. The van der Waals surface area contributed by atoms with Crippen molar-refractivity contribution in [2.24, 2.45) is 5.92 Å². The molecule has 0 saturated carbocycles. The Balaban J connectivity index is 1.56. The summed E-state index contributed by atoms with van der Waals surface area (Å²) in [5.74, 6) is 0.395. The Labute approximate surface area is 140 Å². The molecule has 2 aromatic rings. The van der Waals surface area contributed by atoms with Crippen molar-refractivity contribution in [3.05, 3.63) is 42.5 Å². The largest absolute Gasteiger partial charge is 0.324 e. The number of Topliss-reactive ketones (excluding diaryl/α,β-unsaturated/α-hetero) is 1. The van der Waals surface area contributed by atoms with Gasteiger partial charge < -0.3 is 10.2 Å². The van der Waals surface area contributed by atoms with Gasteiger partial charge in [-0.1, -0.05) is 0 Å². The monoisotopic (exact) mass is 327 g/mol. The van der Waals surface area contributed by atoms with Crippen LogP contribution in [0, 0.1) is 5.92 Å². The lowest BCUT2D eigenvalue weighted by Crippen LogP contribution is -2.43. The zero-order valence-electron chi connectivity index (χ0n) is 13.7. The van der Waals surface area contributed by atoms with E-state index in [4.69, 9.17) is 0 Å². The molecule has 1 aliphatic rings. The highest BCUT2D eigenvalue weighted by molar-refractivity contribution is 5.95. The van der Waals surface area contributed by atoms with E-state index >= 15 is 0 Å². The number of benzene rings is 1. The summed E-state index contributed by atoms with van der Waals surface area (Å²) in [6.07, 6.45) is 5.29. The normalized spacial score (nSPS) is 17.5. The fraction of sp³-hybridized carbons (Fsp3) is 0.412. The lowest BCUT2D eigenvalue weighted by atomic mass is 9.98. The highest BCUT2D eigenvalue weighted by atomic mass is 16.2. The van der Waals surface area contributed by atoms with Crippen molar-refractivity contribution in [3.63, 3.8) is 0 Å². The molecule has 1 aromatic carbocycles. The topological polar surface area (TPSA) is 80.1 Å². The number of carbonyl (C=O) groups is 2. The molecule has 1 N–H and O–H groups in total. The first kappa shape index (κ1) is 16.2. The van der Waals surface area contributed by atoms with Gasteiger partial charge in [0.1, 0.15) is 12.7 Å². The van der Waals surface area contributed by atoms with Crippen LogP contribution in [-0.4, -0.2) is 44.6 Å². The minimum absolute atomic E-state index is 0.0138. The second-order valence-corrected chi connectivity index (χ2v) is 6.14. The van der Waals surface area contributed by atoms with Gasteiger partial charge in [0, 0.05) is 30.9 Å². The number of nitrogens with zero attached hydrogens (tertiary/aromatic N) is 4. The summed E-state index contributed by atoms with van der Waals surface area (Å²) in [4.78, 5) is 29.5. The van der Waals surface area contributed by atoms with Gasteiger partial charge in [0.25, 0.3) is 0 Å². The van der Waals surface area contributed by atoms with Crippen molar-refractivity contribution in [3.8, 4) is 0 Å². The summed E-state index contributed by atoms with van der Waals surface area (Å²) in [6.45, 7) is 3.76. The number of carbonyl (C=O) groups excluding carboxylic acids is 2. The van der Waals surface area contributed by atoms with Crippen LogP contribution in [0.15, 0.2) is 36.9 Å². The molecule has 0 spiro atoms. The third-order valence-electron chi connectivity index (χ3n) is 4.26. The molecule has 0 radical (unpaired) electrons. The van der Waals surface area contributed by atoms with Crippen molar-refractivity contribution < 1.29 is 9.59 Å². The molecule has 1 aliphatic heterocycles. The first-order valence-corrected chi connectivity index (χ1v) is 8.11. The van der Waals surface area contributed by atoms with E-state index < -0.39 is 0 Å². The predicted molar refractivity (Wildman–Crippen MR) is 89.8 cm³/mol. The number of ketones is 1. The third-order valence-corrected chi connectivity index (χ3v) is 4.26. The summed E-state index contributed by atoms with van der Waals surface area (Å²) in [6, 6.07) is 6.86. The molecule has 126 valence electrons. The zero-order valence-corrected chi connectivity index (χ0v) is 13.7. The van der Waals surface area contributed by atoms with Crippen LogP contribution >= 0.6 is 0 Å². The van der Waals surface area contributed by atoms with E-state index in [1.165, 1.54) is 13.3 Å². The Morgan fingerprint density at radius 2 is 2.08 bits per heavy atom. The number of nitrogens with one attached hydrogen (secondary N) is 1. The maximum Gasteiger partial charge on any atom is 0.321 e. The predicted octanol–water partition coefficient (Wildman–Crippen LogP) is 2.42. The van der Waals surface area contributed by atoms with Crippen molar-refractivity contribution in [2.75, 3.05) is 18.4 Å². The summed E-state index contributed by atoms with van der Waals surface area (Å²) in [7, 11) is 0. The van der Waals surface area contributed by atoms with Crippen LogP contribution in [0.4, 0.5) is 10.5 Å². The molecule has 0 bridgehead atoms. The highest BCUT2D eigenvalue weighted by Crippen LogP contribution is 2.19. The summed E-state index contributed by atoms with van der Waals surface area (Å²) in [5.41, 5.74) is 1.34. The van der Waals surface area contributed by atoms with Crippen molar-refractivity contribution in [2.45, 2.75) is 26.3 Å². The van der Waals surface area contributed by atoms with E-state index in [0.29, 0.717) is 23.7 Å². The van der Waals surface area contributed by atoms with Crippen LogP contribution in [0.2, 0.25) is 0 Å². The van der Waals surface area contributed by atoms with Crippen LogP contribution < -0.4 is 5.32 Å². The van der Waals surface area contributed by atoms with E-state index in [2.05, 4.69) is 15.4 Å². The van der Waals surface area contributed by atoms with Crippen LogP contribution in [0.25, 0.3) is 0 Å². The van der Waals surface area contributed by atoms with Gasteiger partial charge >= 0.3 is 6.03 Å². The quantitative estimate of drug-likeness (QED) is 0.875. The maximum absolute atomic E-state index is 12.4. The molecule has 7 heteroatoms. The lowest BCUT2D eigenvalue weighted by molar-refractivity contribution is 0.101. The number of hydrogen-bond donors (Lipinski definition) is 1. The summed E-state index contributed by atoms with van der Waals surface area (Å²) >= 11 is 0. The molecule has 0 aliphatic carbocycles. The van der Waals surface area contributed by atoms with E-state index in [-0.39, 0.29) is 11.8 Å². The highest BCUT2D eigenvalue weighted by Gasteiger charge is 2.24. The lowest BCUT2D eigenvalue weighted by Gasteiger charge is -2.32. The number of anilines is 1. The number of rotatable bonds is 4. The molecule has 1 aromatic heterocycles. The standard InChI is InChI=1S/C17H21N5O2/c1-13(23)15-4-6-16(7-5-15)20-17(24)21-8-2-3-14(9-21)10-22-12-18-11-19-22/h4-7,11-12,14H,2-3,8-10H2,1H3,(H,20,24). The van der Waals surface area contributed by atoms with Crippen molar-refractivity contribution in [1.82, 2.24) is 19.7 Å². The Kier molecular flexibility index (Phi) is 4.88. The van der Waals surface area contributed by atoms with Crippen molar-refractivity contribution >= 4 is 17.5 Å². The van der Waals surface area contributed by atoms with Gasteiger partial charge in [-0.2, -0.15) is 5.10 Å². The Morgan fingerprint density at radius 3 is 2.75 bits per heavy atom. The number of aromatic nitrogens is 3. The fourth-order valence-corrected chi connectivity index (χ4v) is 2.98. The second-order valence-electron chi connectivity index (χ2n) is 6.14. The average molecular weight is 327 g/mol. The minimum Gasteiger partial charge on any atom is -0.324 e. The first-order chi connectivity index (χ1) is 11.6. The van der Waals surface area contributed by atoms with Gasteiger partial charge in [-0.15, -0.1) is 0 Å². The van der Waals surface area contributed by atoms with Gasteiger partial charge in [0.2, 0.25) is 0 Å². The van der Waals surface area contributed by atoms with Crippen LogP contribution in [0.1, 0.15) is 30.1 Å². The van der Waals surface area contributed by atoms with Gasteiger partial charge in [-0.3, -0.25) is 9.48 Å². The van der Waals surface area contributed by atoms with E-state index in [9.17, 15) is 9.59 Å². The molecule has 2 amide bonds. The van der Waals surface area contributed by atoms with E-state index in [0.717, 1.165) is 25.9 Å². The number of likely N-dealkylation sites (tertiary alicyclic amines) is 1. The second kappa shape index (κ2) is 7.25. The molecule has 3 rings (SSSR count). The molecular formula is C17H21N5O2. The molecule has 1 saturated heterocycles. The van der Waals surface area contributed by atoms with Crippen LogP contribution in [0.5, 0.6) is 0 Å². The minimum atomic E-state index is -0.103. The Bertz CT molecular complexity index is 696. The number of piperidine rings is 1. The zero-order chi connectivity index (χ0) is 16.9. The summed E-state index contributed by atoms with van der Waals surface area (Å²) < 4.78 is 1.81. The fourth-order valence-electron chi connectivity index (χ4n) is 2.98. The van der Waals surface area contributed by atoms with E-state index in [1.54, 1.807) is 30.6 Å². The number of hydrogen-bond acceptors (Lipinski definition) is 4. The van der Waals surface area contributed by atoms with Gasteiger partial charge in [0.15, 0.2) is 5.78 Å². The molecule has 24 heavy (non-hydrogen) atoms. The van der Waals surface area contributed by atoms with Crippen LogP contribution in [-0.2, 0) is 6.54 Å². The van der Waals surface area contributed by atoms with Gasteiger partial charge in [-0.05, 0) is 49.9 Å². The van der Waals surface area contributed by atoms with Gasteiger partial charge in [-0.25, -0.2) is 9.78 Å². The number of urea groups is 1. The molecular weight excluding hydrogens is 306 g/mol. The summed E-state index contributed by atoms with van der Waals surface area (Å²) in [5, 5.41) is 7.03. The molecule has 1 atom stereocenters. The molecule has 1 unspecified atom stereocenters. The first-order valence-electron chi connectivity index (χ1n) is 8.11. The maximum atomic E-state index is 12.4. The third kappa shape index (κ3) is 3.98. The van der Waals surface area contributed by atoms with Gasteiger partial charge in [0.05, 0.1) is 0 Å². The molecule has 7 nitrogen and oxygen atoms in total. The Hall–Kier alpha value is -2.70. The molecule has 2 heterocycles. The SMILES string of the molecule is CC(=O)c1ccc(NC(=O)N2CCCC(Cn3cncn3)C2)cc1. The number of amides is 2. The van der Waals surface area contributed by atoms with Crippen molar-refractivity contribution in [1.29, 1.82) is 0 Å². The Morgan fingerprint density at radius 1 is 1.29 bits per heavy atom. The average Bonchev–Trinajstić information content (AvgIpc) is 3.08. The van der Waals surface area contributed by atoms with Crippen LogP contribution in [0.3, 0.4) is 0 Å².